The van der Waals surface area contributed by atoms with Gasteiger partial charge in [0.05, 0.1) is 4.47 Å². The molecule has 1 aliphatic rings. The van der Waals surface area contributed by atoms with Crippen molar-refractivity contribution >= 4 is 39.3 Å². The van der Waals surface area contributed by atoms with E-state index >= 15 is 0 Å². The van der Waals surface area contributed by atoms with Crippen LogP contribution in [0.25, 0.3) is 0 Å². The molecule has 0 radical (unpaired) electrons. The summed E-state index contributed by atoms with van der Waals surface area (Å²) in [6.45, 7) is 2.32. The first-order chi connectivity index (χ1) is 8.66. The van der Waals surface area contributed by atoms with Crippen LogP contribution in [-0.2, 0) is 4.79 Å². The number of hydrogen-bond acceptors (Lipinski definition) is 4. The van der Waals surface area contributed by atoms with Crippen molar-refractivity contribution in [2.75, 3.05) is 25.0 Å². The molecular weight excluding hydrogens is 320 g/mol. The van der Waals surface area contributed by atoms with Crippen molar-refractivity contribution in [1.29, 1.82) is 0 Å². The second-order valence-electron chi connectivity index (χ2n) is 4.10. The molecule has 18 heavy (non-hydrogen) atoms. The number of carbonyl (C=O) groups is 1. The molecule has 98 valence electrons. The molecule has 5 nitrogen and oxygen atoms in total. The molecule has 1 saturated heterocycles. The lowest BCUT2D eigenvalue weighted by Crippen LogP contribution is -2.29. The molecule has 1 aromatic heterocycles. The highest BCUT2D eigenvalue weighted by molar-refractivity contribution is 9.10. The third kappa shape index (κ3) is 3.55. The zero-order valence-electron chi connectivity index (χ0n) is 9.83. The van der Waals surface area contributed by atoms with Crippen molar-refractivity contribution in [2.45, 2.75) is 19.3 Å². The van der Waals surface area contributed by atoms with E-state index in [0.717, 1.165) is 30.4 Å². The fourth-order valence-electron chi connectivity index (χ4n) is 1.88. The fourth-order valence-corrected chi connectivity index (χ4v) is 2.35. The average Bonchev–Trinajstić information content (AvgIpc) is 2.87. The lowest BCUT2D eigenvalue weighted by Gasteiger charge is -2.15. The molecule has 0 saturated carbocycles. The molecule has 0 aromatic carbocycles. The van der Waals surface area contributed by atoms with Crippen LogP contribution >= 0.6 is 27.5 Å². The quantitative estimate of drug-likeness (QED) is 0.859. The first-order valence-corrected chi connectivity index (χ1v) is 7.03. The van der Waals surface area contributed by atoms with Crippen LogP contribution in [0.5, 0.6) is 0 Å². The van der Waals surface area contributed by atoms with E-state index in [1.54, 1.807) is 6.20 Å². The summed E-state index contributed by atoms with van der Waals surface area (Å²) in [5, 5.41) is 3.26. The Morgan fingerprint density at radius 1 is 1.50 bits per heavy atom. The van der Waals surface area contributed by atoms with Crippen LogP contribution in [0, 0.1) is 0 Å². The predicted octanol–water partition coefficient (Wildman–Crippen LogP) is 2.32. The Balaban J connectivity index is 1.81. The van der Waals surface area contributed by atoms with E-state index in [1.165, 1.54) is 0 Å². The molecule has 1 aromatic rings. The monoisotopic (exact) mass is 332 g/mol. The van der Waals surface area contributed by atoms with Gasteiger partial charge in [0.25, 0.3) is 0 Å². The van der Waals surface area contributed by atoms with Crippen molar-refractivity contribution in [3.63, 3.8) is 0 Å². The Bertz CT molecular complexity index is 437. The van der Waals surface area contributed by atoms with E-state index in [4.69, 9.17) is 11.6 Å². The predicted molar refractivity (Wildman–Crippen MR) is 73.7 cm³/mol. The molecule has 1 amide bonds. The number of amides is 1. The van der Waals surface area contributed by atoms with Crippen molar-refractivity contribution in [3.05, 3.63) is 16.0 Å². The second kappa shape index (κ2) is 6.33. The molecule has 0 spiro atoms. The molecular formula is C11H14BrClN4O. The van der Waals surface area contributed by atoms with Gasteiger partial charge in [-0.1, -0.05) is 0 Å². The van der Waals surface area contributed by atoms with Gasteiger partial charge in [0.2, 0.25) is 11.2 Å². The van der Waals surface area contributed by atoms with E-state index in [0.29, 0.717) is 18.8 Å². The zero-order valence-corrected chi connectivity index (χ0v) is 12.2. The number of aromatic nitrogens is 2. The molecule has 0 unspecified atom stereocenters. The van der Waals surface area contributed by atoms with Gasteiger partial charge in [0, 0.05) is 32.3 Å². The number of halogens is 2. The second-order valence-corrected chi connectivity index (χ2v) is 5.29. The van der Waals surface area contributed by atoms with Gasteiger partial charge in [0.15, 0.2) is 0 Å². The Morgan fingerprint density at radius 2 is 2.22 bits per heavy atom. The lowest BCUT2D eigenvalue weighted by molar-refractivity contribution is -0.129. The minimum absolute atomic E-state index is 0.187. The van der Waals surface area contributed by atoms with Crippen LogP contribution in [0.1, 0.15) is 19.3 Å². The standard InChI is InChI=1S/C11H14BrClN4O/c12-8-7-15-11(13)16-10(8)14-4-3-9(18)17-5-1-2-6-17/h7H,1-6H2,(H,14,15,16). The van der Waals surface area contributed by atoms with Crippen molar-refractivity contribution in [3.8, 4) is 0 Å². The first-order valence-electron chi connectivity index (χ1n) is 5.86. The van der Waals surface area contributed by atoms with Gasteiger partial charge in [-0.25, -0.2) is 4.98 Å². The van der Waals surface area contributed by atoms with Crippen LogP contribution in [0.2, 0.25) is 5.28 Å². The number of rotatable bonds is 4. The maximum Gasteiger partial charge on any atom is 0.224 e. The van der Waals surface area contributed by atoms with Gasteiger partial charge in [0.1, 0.15) is 5.82 Å². The molecule has 1 aliphatic heterocycles. The molecule has 0 bridgehead atoms. The summed E-state index contributed by atoms with van der Waals surface area (Å²) in [6, 6.07) is 0. The molecule has 1 N–H and O–H groups in total. The number of likely N-dealkylation sites (tertiary alicyclic amines) is 1. The van der Waals surface area contributed by atoms with Crippen LogP contribution in [-0.4, -0.2) is 40.4 Å². The van der Waals surface area contributed by atoms with Gasteiger partial charge in [-0.05, 0) is 40.4 Å². The van der Waals surface area contributed by atoms with Crippen molar-refractivity contribution < 1.29 is 4.79 Å². The highest BCUT2D eigenvalue weighted by atomic mass is 79.9. The highest BCUT2D eigenvalue weighted by Crippen LogP contribution is 2.20. The molecule has 0 aliphatic carbocycles. The smallest absolute Gasteiger partial charge is 0.224 e. The summed E-state index contributed by atoms with van der Waals surface area (Å²) in [5.41, 5.74) is 0. The van der Waals surface area contributed by atoms with Gasteiger partial charge in [-0.2, -0.15) is 4.98 Å². The lowest BCUT2D eigenvalue weighted by atomic mass is 10.3. The SMILES string of the molecule is O=C(CCNc1nc(Cl)ncc1Br)N1CCCC1. The third-order valence-electron chi connectivity index (χ3n) is 2.80. The number of carbonyl (C=O) groups excluding carboxylic acids is 1. The number of nitrogens with one attached hydrogen (secondary N) is 1. The minimum atomic E-state index is 0.187. The van der Waals surface area contributed by atoms with E-state index in [9.17, 15) is 4.79 Å². The normalized spacial score (nSPS) is 14.9. The van der Waals surface area contributed by atoms with E-state index < -0.39 is 0 Å². The molecule has 2 heterocycles. The Kier molecular flexibility index (Phi) is 4.77. The summed E-state index contributed by atoms with van der Waals surface area (Å²) in [7, 11) is 0. The number of nitrogens with zero attached hydrogens (tertiary/aromatic N) is 3. The summed E-state index contributed by atoms with van der Waals surface area (Å²) >= 11 is 9.03. The largest absolute Gasteiger partial charge is 0.368 e. The fraction of sp³-hybridized carbons (Fsp3) is 0.545. The van der Waals surface area contributed by atoms with E-state index in [1.807, 2.05) is 4.90 Å². The van der Waals surface area contributed by atoms with Gasteiger partial charge >= 0.3 is 0 Å². The van der Waals surface area contributed by atoms with Crippen LogP contribution < -0.4 is 5.32 Å². The highest BCUT2D eigenvalue weighted by Gasteiger charge is 2.17. The van der Waals surface area contributed by atoms with Crippen LogP contribution in [0.15, 0.2) is 10.7 Å². The Hall–Kier alpha value is -0.880. The molecule has 1 fully saturated rings. The maximum atomic E-state index is 11.8. The van der Waals surface area contributed by atoms with Gasteiger partial charge in [-0.3, -0.25) is 4.79 Å². The maximum absolute atomic E-state index is 11.8. The van der Waals surface area contributed by atoms with E-state index in [-0.39, 0.29) is 11.2 Å². The van der Waals surface area contributed by atoms with Gasteiger partial charge < -0.3 is 10.2 Å². The topological polar surface area (TPSA) is 58.1 Å². The van der Waals surface area contributed by atoms with Crippen molar-refractivity contribution in [1.82, 2.24) is 14.9 Å². The number of anilines is 1. The minimum Gasteiger partial charge on any atom is -0.368 e. The summed E-state index contributed by atoms with van der Waals surface area (Å²) in [5.74, 6) is 0.806. The first kappa shape index (κ1) is 13.5. The third-order valence-corrected chi connectivity index (χ3v) is 3.57. The van der Waals surface area contributed by atoms with Crippen LogP contribution in [0.4, 0.5) is 5.82 Å². The van der Waals surface area contributed by atoms with Crippen LogP contribution in [0.3, 0.4) is 0 Å². The zero-order chi connectivity index (χ0) is 13.0. The number of hydrogen-bond donors (Lipinski definition) is 1. The molecule has 2 rings (SSSR count). The summed E-state index contributed by atoms with van der Waals surface area (Å²) < 4.78 is 0.737. The Morgan fingerprint density at radius 3 is 2.94 bits per heavy atom. The molecule has 7 heteroatoms. The Labute approximate surface area is 119 Å². The van der Waals surface area contributed by atoms with Crippen molar-refractivity contribution in [2.24, 2.45) is 0 Å². The average molecular weight is 334 g/mol. The van der Waals surface area contributed by atoms with E-state index in [2.05, 4.69) is 31.2 Å². The molecule has 0 atom stereocenters. The van der Waals surface area contributed by atoms with Gasteiger partial charge in [-0.15, -0.1) is 0 Å². The summed E-state index contributed by atoms with van der Waals surface area (Å²) in [6.07, 6.45) is 4.28. The summed E-state index contributed by atoms with van der Waals surface area (Å²) in [4.78, 5) is 21.6.